The van der Waals surface area contributed by atoms with E-state index in [2.05, 4.69) is 0 Å². The molecule has 0 aromatic heterocycles. The van der Waals surface area contributed by atoms with Crippen molar-refractivity contribution in [1.29, 1.82) is 0 Å². The number of carbonyl (C=O) groups excluding carboxylic acids is 1. The van der Waals surface area contributed by atoms with Gasteiger partial charge in [0, 0.05) is 13.6 Å². The lowest BCUT2D eigenvalue weighted by molar-refractivity contribution is -0.128. The first kappa shape index (κ1) is 25.1. The first-order valence-electron chi connectivity index (χ1n) is 10.9. The van der Waals surface area contributed by atoms with Crippen molar-refractivity contribution in [1.82, 2.24) is 4.90 Å². The second kappa shape index (κ2) is 11.1. The molecule has 0 aliphatic heterocycles. The fraction of sp³-hybridized carbons (Fsp3) is 0.269. The molecule has 180 valence electrons. The molecule has 34 heavy (non-hydrogen) atoms. The first-order chi connectivity index (χ1) is 16.3. The van der Waals surface area contributed by atoms with Gasteiger partial charge in [0.15, 0.2) is 11.5 Å². The molecule has 0 heterocycles. The van der Waals surface area contributed by atoms with Gasteiger partial charge in [0.25, 0.3) is 10.0 Å². The number of hydrogen-bond donors (Lipinski definition) is 0. The summed E-state index contributed by atoms with van der Waals surface area (Å²) in [6.07, 6.45) is 0.832. The molecule has 0 aliphatic rings. The molecule has 1 amide bonds. The van der Waals surface area contributed by atoms with Gasteiger partial charge < -0.3 is 14.4 Å². The van der Waals surface area contributed by atoms with E-state index in [0.29, 0.717) is 17.2 Å². The first-order valence-corrected chi connectivity index (χ1v) is 12.4. The van der Waals surface area contributed by atoms with Gasteiger partial charge in [0.2, 0.25) is 5.91 Å². The van der Waals surface area contributed by atoms with E-state index in [0.717, 1.165) is 21.9 Å². The molecule has 3 aromatic rings. The normalized spacial score (nSPS) is 11.1. The Morgan fingerprint density at radius 1 is 0.853 bits per heavy atom. The second-order valence-corrected chi connectivity index (χ2v) is 9.65. The molecule has 0 saturated heterocycles. The highest BCUT2D eigenvalue weighted by Gasteiger charge is 2.28. The highest BCUT2D eigenvalue weighted by Crippen LogP contribution is 2.28. The van der Waals surface area contributed by atoms with E-state index in [1.807, 2.05) is 25.1 Å². The van der Waals surface area contributed by atoms with Crippen LogP contribution in [-0.2, 0) is 27.8 Å². The predicted octanol–water partition coefficient (Wildman–Crippen LogP) is 4.12. The summed E-state index contributed by atoms with van der Waals surface area (Å²) in [5.41, 5.74) is 2.35. The molecular weight excluding hydrogens is 452 g/mol. The second-order valence-electron chi connectivity index (χ2n) is 7.78. The van der Waals surface area contributed by atoms with Gasteiger partial charge in [-0.1, -0.05) is 43.3 Å². The molecule has 0 atom stereocenters. The van der Waals surface area contributed by atoms with E-state index in [9.17, 15) is 13.2 Å². The summed E-state index contributed by atoms with van der Waals surface area (Å²) in [6, 6.07) is 20.8. The fourth-order valence-corrected chi connectivity index (χ4v) is 4.95. The minimum absolute atomic E-state index is 0.130. The van der Waals surface area contributed by atoms with Crippen LogP contribution in [0.1, 0.15) is 18.1 Å². The molecular formula is C26H30N2O5S. The number of carbonyl (C=O) groups is 1. The summed E-state index contributed by atoms with van der Waals surface area (Å²) in [6.45, 7) is 1.99. The molecule has 0 unspecified atom stereocenters. The molecule has 3 rings (SSSR count). The predicted molar refractivity (Wildman–Crippen MR) is 133 cm³/mol. The number of aryl methyl sites for hydroxylation is 1. The molecule has 8 heteroatoms. The van der Waals surface area contributed by atoms with Gasteiger partial charge in [-0.3, -0.25) is 9.10 Å². The van der Waals surface area contributed by atoms with Crippen LogP contribution in [0.2, 0.25) is 0 Å². The van der Waals surface area contributed by atoms with Crippen molar-refractivity contribution in [3.05, 3.63) is 83.9 Å². The summed E-state index contributed by atoms with van der Waals surface area (Å²) in [4.78, 5) is 14.8. The van der Waals surface area contributed by atoms with Crippen LogP contribution in [0.3, 0.4) is 0 Å². The topological polar surface area (TPSA) is 76.2 Å². The van der Waals surface area contributed by atoms with E-state index in [4.69, 9.17) is 9.47 Å². The van der Waals surface area contributed by atoms with Gasteiger partial charge >= 0.3 is 0 Å². The van der Waals surface area contributed by atoms with Gasteiger partial charge in [0.1, 0.15) is 6.54 Å². The number of rotatable bonds is 10. The number of nitrogens with zero attached hydrogens (tertiary/aromatic N) is 2. The zero-order valence-electron chi connectivity index (χ0n) is 19.9. The number of benzene rings is 3. The molecule has 0 bridgehead atoms. The fourth-order valence-electron chi connectivity index (χ4n) is 3.52. The molecule has 0 N–H and O–H groups in total. The number of anilines is 1. The smallest absolute Gasteiger partial charge is 0.264 e. The van der Waals surface area contributed by atoms with Crippen LogP contribution < -0.4 is 13.8 Å². The average Bonchev–Trinajstić information content (AvgIpc) is 2.87. The van der Waals surface area contributed by atoms with Gasteiger partial charge in [-0.05, 0) is 53.9 Å². The number of likely N-dealkylation sites (N-methyl/N-ethyl adjacent to an activating group) is 1. The van der Waals surface area contributed by atoms with Gasteiger partial charge in [-0.2, -0.15) is 0 Å². The van der Waals surface area contributed by atoms with Crippen LogP contribution >= 0.6 is 0 Å². The Labute approximate surface area is 201 Å². The number of sulfonamides is 1. The molecule has 0 spiro atoms. The highest BCUT2D eigenvalue weighted by molar-refractivity contribution is 7.92. The minimum atomic E-state index is -3.95. The Hall–Kier alpha value is -3.52. The third kappa shape index (κ3) is 5.69. The van der Waals surface area contributed by atoms with Crippen LogP contribution in [0.4, 0.5) is 5.69 Å². The van der Waals surface area contributed by atoms with Crippen LogP contribution in [0.5, 0.6) is 11.5 Å². The third-order valence-corrected chi connectivity index (χ3v) is 7.32. The zero-order valence-corrected chi connectivity index (χ0v) is 20.7. The summed E-state index contributed by atoms with van der Waals surface area (Å²) in [5, 5.41) is 0. The number of methoxy groups -OCH3 is 2. The Kier molecular flexibility index (Phi) is 8.17. The third-order valence-electron chi connectivity index (χ3n) is 5.54. The maximum absolute atomic E-state index is 13.5. The average molecular weight is 483 g/mol. The van der Waals surface area contributed by atoms with Crippen molar-refractivity contribution in [2.75, 3.05) is 32.1 Å². The summed E-state index contributed by atoms with van der Waals surface area (Å²) in [7, 11) is 0.806. The van der Waals surface area contributed by atoms with Crippen LogP contribution in [0, 0.1) is 0 Å². The van der Waals surface area contributed by atoms with E-state index in [1.165, 1.54) is 17.0 Å². The van der Waals surface area contributed by atoms with Crippen molar-refractivity contribution in [2.24, 2.45) is 0 Å². The Bertz CT molecular complexity index is 1210. The summed E-state index contributed by atoms with van der Waals surface area (Å²) in [5.74, 6) is 0.815. The van der Waals surface area contributed by atoms with Gasteiger partial charge in [0.05, 0.1) is 24.8 Å². The molecule has 7 nitrogen and oxygen atoms in total. The van der Waals surface area contributed by atoms with Crippen LogP contribution in [0.15, 0.2) is 77.7 Å². The van der Waals surface area contributed by atoms with E-state index in [1.54, 1.807) is 63.7 Å². The molecule has 3 aromatic carbocycles. The Balaban J connectivity index is 1.87. The number of amides is 1. The lowest BCUT2D eigenvalue weighted by Crippen LogP contribution is -2.41. The van der Waals surface area contributed by atoms with E-state index >= 15 is 0 Å². The Morgan fingerprint density at radius 2 is 1.47 bits per heavy atom. The monoisotopic (exact) mass is 482 g/mol. The molecule has 0 aliphatic carbocycles. The largest absolute Gasteiger partial charge is 0.493 e. The van der Waals surface area contributed by atoms with Crippen molar-refractivity contribution in [3.63, 3.8) is 0 Å². The van der Waals surface area contributed by atoms with Crippen molar-refractivity contribution in [2.45, 2.75) is 24.8 Å². The van der Waals surface area contributed by atoms with Gasteiger partial charge in [-0.15, -0.1) is 0 Å². The van der Waals surface area contributed by atoms with Gasteiger partial charge in [-0.25, -0.2) is 8.42 Å². The molecule has 0 saturated carbocycles. The van der Waals surface area contributed by atoms with Crippen molar-refractivity contribution >= 4 is 21.6 Å². The van der Waals surface area contributed by atoms with Crippen molar-refractivity contribution in [3.8, 4) is 11.5 Å². The lowest BCUT2D eigenvalue weighted by Gasteiger charge is -2.27. The maximum Gasteiger partial charge on any atom is 0.264 e. The Morgan fingerprint density at radius 3 is 2.06 bits per heavy atom. The summed E-state index contributed by atoms with van der Waals surface area (Å²) >= 11 is 0. The number of hydrogen-bond acceptors (Lipinski definition) is 5. The lowest BCUT2D eigenvalue weighted by atomic mass is 10.1. The highest BCUT2D eigenvalue weighted by atomic mass is 32.2. The maximum atomic E-state index is 13.5. The van der Waals surface area contributed by atoms with Crippen LogP contribution in [0.25, 0.3) is 0 Å². The number of ether oxygens (including phenoxy) is 2. The summed E-state index contributed by atoms with van der Waals surface area (Å²) < 4.78 is 38.7. The van der Waals surface area contributed by atoms with Crippen molar-refractivity contribution < 1.29 is 22.7 Å². The zero-order chi connectivity index (χ0) is 24.7. The van der Waals surface area contributed by atoms with E-state index < -0.39 is 10.0 Å². The molecule has 0 radical (unpaired) electrons. The molecule has 0 fully saturated rings. The SMILES string of the molecule is CCc1ccc(N(CC(=O)N(C)Cc2ccc(OC)c(OC)c2)S(=O)(=O)c2ccccc2)cc1. The van der Waals surface area contributed by atoms with E-state index in [-0.39, 0.29) is 23.9 Å². The van der Waals surface area contributed by atoms with Crippen LogP contribution in [-0.4, -0.2) is 47.0 Å². The quantitative estimate of drug-likeness (QED) is 0.435. The minimum Gasteiger partial charge on any atom is -0.493 e. The standard InChI is InChI=1S/C26H30N2O5S/c1-5-20-11-14-22(15-12-20)28(34(30,31)23-9-7-6-8-10-23)19-26(29)27(2)18-21-13-16-24(32-3)25(17-21)33-4/h6-17H,5,18-19H2,1-4H3.